The Labute approximate surface area is 56.4 Å². The van der Waals surface area contributed by atoms with Gasteiger partial charge < -0.3 is 15.3 Å². The summed E-state index contributed by atoms with van der Waals surface area (Å²) in [5, 5.41) is 10.3. The molecular formula is C5H6N2O3. The molecule has 0 saturated carbocycles. The normalized spacial score (nSPS) is 9.20. The Balaban J connectivity index is 2.74. The van der Waals surface area contributed by atoms with E-state index in [0.717, 1.165) is 0 Å². The van der Waals surface area contributed by atoms with Crippen LogP contribution in [0.2, 0.25) is 0 Å². The highest BCUT2D eigenvalue weighted by Crippen LogP contribution is 2.17. The highest BCUT2D eigenvalue weighted by Gasteiger charge is 2.02. The first kappa shape index (κ1) is 6.47. The molecule has 1 aromatic heterocycles. The topological polar surface area (TPSA) is 88.5 Å². The molecule has 0 bridgehead atoms. The largest absolute Gasteiger partial charge is 0.468 e. The van der Waals surface area contributed by atoms with Gasteiger partial charge in [-0.1, -0.05) is 0 Å². The third kappa shape index (κ3) is 1.19. The third-order valence-electron chi connectivity index (χ3n) is 0.934. The van der Waals surface area contributed by atoms with E-state index in [4.69, 9.17) is 10.8 Å². The number of furan rings is 1. The standard InChI is InChI=1S/C5H6N2O3/c6-3-1-10-2-4(3)7-5(8)9/h1-2,7H,6H2,(H,8,9). The van der Waals surface area contributed by atoms with Crippen LogP contribution in [-0.4, -0.2) is 11.2 Å². The summed E-state index contributed by atoms with van der Waals surface area (Å²) in [6.45, 7) is 0. The molecular weight excluding hydrogens is 136 g/mol. The van der Waals surface area contributed by atoms with E-state index in [1.54, 1.807) is 0 Å². The van der Waals surface area contributed by atoms with Crippen LogP contribution in [0.3, 0.4) is 0 Å². The predicted octanol–water partition coefficient (Wildman–Crippen LogP) is 0.952. The molecule has 4 N–H and O–H groups in total. The molecule has 0 saturated heterocycles. The first-order valence-corrected chi connectivity index (χ1v) is 2.52. The van der Waals surface area contributed by atoms with Crippen molar-refractivity contribution in [3.8, 4) is 0 Å². The van der Waals surface area contributed by atoms with Gasteiger partial charge in [0.1, 0.15) is 18.2 Å². The number of carbonyl (C=O) groups is 1. The quantitative estimate of drug-likeness (QED) is 0.544. The highest BCUT2D eigenvalue weighted by molar-refractivity contribution is 5.86. The van der Waals surface area contributed by atoms with Gasteiger partial charge >= 0.3 is 6.09 Å². The number of rotatable bonds is 1. The summed E-state index contributed by atoms with van der Waals surface area (Å²) in [6, 6.07) is 0. The molecule has 1 aromatic rings. The average Bonchev–Trinajstić information content (AvgIpc) is 2.15. The van der Waals surface area contributed by atoms with Gasteiger partial charge in [-0.05, 0) is 0 Å². The molecule has 1 heterocycles. The van der Waals surface area contributed by atoms with Crippen LogP contribution in [0.1, 0.15) is 0 Å². The Morgan fingerprint density at radius 2 is 2.40 bits per heavy atom. The Morgan fingerprint density at radius 3 is 2.80 bits per heavy atom. The zero-order chi connectivity index (χ0) is 7.56. The number of anilines is 2. The molecule has 5 heteroatoms. The molecule has 0 aliphatic heterocycles. The molecule has 0 aromatic carbocycles. The van der Waals surface area contributed by atoms with E-state index in [9.17, 15) is 4.79 Å². The maximum Gasteiger partial charge on any atom is 0.409 e. The minimum absolute atomic E-state index is 0.271. The van der Waals surface area contributed by atoms with Crippen LogP contribution < -0.4 is 11.1 Å². The first-order valence-electron chi connectivity index (χ1n) is 2.52. The second-order valence-electron chi connectivity index (χ2n) is 1.67. The minimum atomic E-state index is -1.16. The van der Waals surface area contributed by atoms with Gasteiger partial charge in [-0.3, -0.25) is 5.32 Å². The molecule has 0 fully saturated rings. The van der Waals surface area contributed by atoms with Crippen molar-refractivity contribution < 1.29 is 14.3 Å². The molecule has 0 atom stereocenters. The molecule has 0 aliphatic rings. The van der Waals surface area contributed by atoms with E-state index in [1.165, 1.54) is 12.5 Å². The Hall–Kier alpha value is -1.65. The van der Waals surface area contributed by atoms with E-state index < -0.39 is 6.09 Å². The van der Waals surface area contributed by atoms with Crippen molar-refractivity contribution in [3.05, 3.63) is 12.5 Å². The smallest absolute Gasteiger partial charge is 0.409 e. The molecule has 5 nitrogen and oxygen atoms in total. The average molecular weight is 142 g/mol. The fourth-order valence-corrected chi connectivity index (χ4v) is 0.524. The Kier molecular flexibility index (Phi) is 1.49. The van der Waals surface area contributed by atoms with Crippen molar-refractivity contribution in [2.24, 2.45) is 0 Å². The van der Waals surface area contributed by atoms with Gasteiger partial charge in [-0.15, -0.1) is 0 Å². The summed E-state index contributed by atoms with van der Waals surface area (Å²) in [6.07, 6.45) is 1.32. The summed E-state index contributed by atoms with van der Waals surface area (Å²) in [5.74, 6) is 0. The minimum Gasteiger partial charge on any atom is -0.468 e. The van der Waals surface area contributed by atoms with Crippen molar-refractivity contribution in [3.63, 3.8) is 0 Å². The number of carboxylic acid groups (broad SMARTS) is 1. The van der Waals surface area contributed by atoms with E-state index in [2.05, 4.69) is 9.73 Å². The van der Waals surface area contributed by atoms with Crippen LogP contribution >= 0.6 is 0 Å². The zero-order valence-electron chi connectivity index (χ0n) is 5.00. The fraction of sp³-hybridized carbons (Fsp3) is 0. The Morgan fingerprint density at radius 1 is 1.70 bits per heavy atom. The molecule has 0 radical (unpaired) electrons. The van der Waals surface area contributed by atoms with Crippen LogP contribution in [0.5, 0.6) is 0 Å². The van der Waals surface area contributed by atoms with Crippen LogP contribution in [0.25, 0.3) is 0 Å². The number of hydrogen-bond acceptors (Lipinski definition) is 3. The molecule has 0 unspecified atom stereocenters. The van der Waals surface area contributed by atoms with Crippen LogP contribution in [0.15, 0.2) is 16.9 Å². The monoisotopic (exact) mass is 142 g/mol. The zero-order valence-corrected chi connectivity index (χ0v) is 5.00. The summed E-state index contributed by atoms with van der Waals surface area (Å²) in [7, 11) is 0. The maximum atomic E-state index is 10.0. The van der Waals surface area contributed by atoms with E-state index in [0.29, 0.717) is 0 Å². The third-order valence-corrected chi connectivity index (χ3v) is 0.934. The lowest BCUT2D eigenvalue weighted by atomic mass is 10.4. The molecule has 1 rings (SSSR count). The van der Waals surface area contributed by atoms with Crippen LogP contribution in [-0.2, 0) is 0 Å². The summed E-state index contributed by atoms with van der Waals surface area (Å²) in [4.78, 5) is 10.0. The van der Waals surface area contributed by atoms with Crippen molar-refractivity contribution in [1.82, 2.24) is 0 Å². The maximum absolute atomic E-state index is 10.0. The SMILES string of the molecule is Nc1cocc1NC(=O)O. The summed E-state index contributed by atoms with van der Waals surface area (Å²) < 4.78 is 4.60. The molecule has 1 amide bonds. The van der Waals surface area contributed by atoms with Crippen molar-refractivity contribution in [2.75, 3.05) is 11.1 Å². The van der Waals surface area contributed by atoms with E-state index in [-0.39, 0.29) is 11.4 Å². The lowest BCUT2D eigenvalue weighted by Crippen LogP contribution is -2.07. The van der Waals surface area contributed by atoms with Gasteiger partial charge in [0.2, 0.25) is 0 Å². The number of nitrogens with two attached hydrogens (primary N) is 1. The number of nitrogens with one attached hydrogen (secondary N) is 1. The van der Waals surface area contributed by atoms with Gasteiger partial charge in [-0.25, -0.2) is 4.79 Å². The Bertz CT molecular complexity index is 243. The van der Waals surface area contributed by atoms with Gasteiger partial charge in [0, 0.05) is 0 Å². The van der Waals surface area contributed by atoms with Crippen molar-refractivity contribution >= 4 is 17.5 Å². The van der Waals surface area contributed by atoms with Crippen molar-refractivity contribution in [2.45, 2.75) is 0 Å². The second kappa shape index (κ2) is 2.30. The lowest BCUT2D eigenvalue weighted by Gasteiger charge is -1.94. The molecule has 0 aliphatic carbocycles. The van der Waals surface area contributed by atoms with E-state index >= 15 is 0 Å². The lowest BCUT2D eigenvalue weighted by molar-refractivity contribution is 0.209. The fourth-order valence-electron chi connectivity index (χ4n) is 0.524. The first-order chi connectivity index (χ1) is 4.70. The number of hydrogen-bond donors (Lipinski definition) is 3. The number of amides is 1. The van der Waals surface area contributed by atoms with Crippen LogP contribution in [0.4, 0.5) is 16.2 Å². The van der Waals surface area contributed by atoms with Gasteiger partial charge in [0.25, 0.3) is 0 Å². The molecule has 54 valence electrons. The summed E-state index contributed by atoms with van der Waals surface area (Å²) in [5.41, 5.74) is 5.82. The molecule has 10 heavy (non-hydrogen) atoms. The van der Waals surface area contributed by atoms with E-state index in [1.807, 2.05) is 0 Å². The second-order valence-corrected chi connectivity index (χ2v) is 1.67. The summed E-state index contributed by atoms with van der Waals surface area (Å²) >= 11 is 0. The molecule has 0 spiro atoms. The van der Waals surface area contributed by atoms with Gasteiger partial charge in [0.15, 0.2) is 0 Å². The van der Waals surface area contributed by atoms with Crippen LogP contribution in [0, 0.1) is 0 Å². The van der Waals surface area contributed by atoms with Crippen molar-refractivity contribution in [1.29, 1.82) is 0 Å². The predicted molar refractivity (Wildman–Crippen MR) is 34.8 cm³/mol. The van der Waals surface area contributed by atoms with Gasteiger partial charge in [0.05, 0.1) is 5.69 Å². The number of nitrogen functional groups attached to an aromatic ring is 1. The van der Waals surface area contributed by atoms with Gasteiger partial charge in [-0.2, -0.15) is 0 Å². The highest BCUT2D eigenvalue weighted by atomic mass is 16.4.